The van der Waals surface area contributed by atoms with Crippen LogP contribution in [0.5, 0.6) is 0 Å². The number of aryl methyl sites for hydroxylation is 1. The highest BCUT2D eigenvalue weighted by Gasteiger charge is 2.27. The highest BCUT2D eigenvalue weighted by atomic mass is 16.4. The fourth-order valence-electron chi connectivity index (χ4n) is 3.66. The fraction of sp³-hybridized carbons (Fsp3) is 0.381. The zero-order valence-electron chi connectivity index (χ0n) is 15.8. The second-order valence-corrected chi connectivity index (χ2v) is 7.22. The Morgan fingerprint density at radius 2 is 1.89 bits per heavy atom. The van der Waals surface area contributed by atoms with E-state index < -0.39 is 0 Å². The highest BCUT2D eigenvalue weighted by Crippen LogP contribution is 2.35. The third-order valence-electron chi connectivity index (χ3n) is 5.32. The lowest BCUT2D eigenvalue weighted by molar-refractivity contribution is 0.0941. The van der Waals surface area contributed by atoms with Crippen molar-refractivity contribution >= 4 is 5.91 Å². The maximum atomic E-state index is 12.3. The summed E-state index contributed by atoms with van der Waals surface area (Å²) >= 11 is 0. The smallest absolute Gasteiger partial charge is 0.266 e. The number of rotatable bonds is 5. The molecule has 7 heteroatoms. The molecule has 0 atom stereocenters. The molecule has 1 N–H and O–H groups in total. The number of pyridine rings is 2. The lowest BCUT2D eigenvalue weighted by atomic mass is 9.82. The molecule has 3 aromatic rings. The molecule has 3 aromatic heterocycles. The molecule has 0 unspecified atom stereocenters. The number of hydrogen-bond donors (Lipinski definition) is 1. The number of nitrogens with one attached hydrogen (secondary N) is 1. The fourth-order valence-corrected chi connectivity index (χ4v) is 3.66. The largest absolute Gasteiger partial charge is 0.419 e. The van der Waals surface area contributed by atoms with Gasteiger partial charge in [-0.3, -0.25) is 14.8 Å². The van der Waals surface area contributed by atoms with Crippen LogP contribution in [-0.2, 0) is 0 Å². The van der Waals surface area contributed by atoms with E-state index in [0.717, 1.165) is 31.4 Å². The maximum absolute atomic E-state index is 12.3. The van der Waals surface area contributed by atoms with E-state index in [9.17, 15) is 4.79 Å². The Balaban J connectivity index is 1.29. The molecule has 1 amide bonds. The molecule has 1 aliphatic carbocycles. The summed E-state index contributed by atoms with van der Waals surface area (Å²) in [5.74, 6) is 1.85. The van der Waals surface area contributed by atoms with Crippen LogP contribution in [0.1, 0.15) is 53.5 Å². The molecule has 144 valence electrons. The van der Waals surface area contributed by atoms with E-state index in [1.807, 2.05) is 31.2 Å². The van der Waals surface area contributed by atoms with E-state index in [1.165, 1.54) is 0 Å². The van der Waals surface area contributed by atoms with Gasteiger partial charge in [-0.05, 0) is 62.8 Å². The summed E-state index contributed by atoms with van der Waals surface area (Å²) < 4.78 is 5.85. The van der Waals surface area contributed by atoms with Crippen LogP contribution in [0.2, 0.25) is 0 Å². The zero-order chi connectivity index (χ0) is 19.3. The van der Waals surface area contributed by atoms with Gasteiger partial charge in [0.2, 0.25) is 5.89 Å². The van der Waals surface area contributed by atoms with Crippen molar-refractivity contribution in [3.63, 3.8) is 0 Å². The number of nitrogens with zero attached hydrogens (tertiary/aromatic N) is 4. The third kappa shape index (κ3) is 4.08. The van der Waals surface area contributed by atoms with Crippen LogP contribution in [0, 0.1) is 12.8 Å². The number of amides is 1. The lowest BCUT2D eigenvalue weighted by Gasteiger charge is -2.26. The van der Waals surface area contributed by atoms with Crippen molar-refractivity contribution in [3.8, 4) is 11.6 Å². The van der Waals surface area contributed by atoms with Gasteiger partial charge in [0.1, 0.15) is 5.69 Å². The summed E-state index contributed by atoms with van der Waals surface area (Å²) in [5, 5.41) is 11.4. The first kappa shape index (κ1) is 18.3. The Labute approximate surface area is 163 Å². The summed E-state index contributed by atoms with van der Waals surface area (Å²) in [5.41, 5.74) is 2.09. The molecule has 3 heterocycles. The molecule has 4 rings (SSSR count). The standard InChI is InChI=1S/C21H23N5O2/c1-14-17(5-4-12-22-14)19(27)24-13-15-7-9-16(10-8-15)20-25-26-21(28-20)18-6-2-3-11-23-18/h2-6,11-12,15-16H,7-10,13H2,1H3,(H,24,27). The first-order valence-electron chi connectivity index (χ1n) is 9.65. The van der Waals surface area contributed by atoms with Crippen LogP contribution in [0.15, 0.2) is 47.1 Å². The summed E-state index contributed by atoms with van der Waals surface area (Å²) in [6, 6.07) is 9.22. The molecule has 0 spiro atoms. The van der Waals surface area contributed by atoms with Crippen molar-refractivity contribution in [2.45, 2.75) is 38.5 Å². The average molecular weight is 377 g/mol. The van der Waals surface area contributed by atoms with Gasteiger partial charge in [-0.15, -0.1) is 10.2 Å². The zero-order valence-corrected chi connectivity index (χ0v) is 15.8. The number of aromatic nitrogens is 4. The van der Waals surface area contributed by atoms with E-state index in [4.69, 9.17) is 4.42 Å². The van der Waals surface area contributed by atoms with Crippen LogP contribution in [0.25, 0.3) is 11.6 Å². The number of carbonyl (C=O) groups excluding carboxylic acids is 1. The van der Waals surface area contributed by atoms with E-state index >= 15 is 0 Å². The van der Waals surface area contributed by atoms with Gasteiger partial charge in [0.05, 0.1) is 5.56 Å². The topological polar surface area (TPSA) is 93.8 Å². The quantitative estimate of drug-likeness (QED) is 0.731. The van der Waals surface area contributed by atoms with Crippen molar-refractivity contribution in [1.82, 2.24) is 25.5 Å². The van der Waals surface area contributed by atoms with Crippen molar-refractivity contribution in [1.29, 1.82) is 0 Å². The van der Waals surface area contributed by atoms with Crippen molar-refractivity contribution in [2.24, 2.45) is 5.92 Å². The third-order valence-corrected chi connectivity index (χ3v) is 5.32. The normalized spacial score (nSPS) is 19.3. The van der Waals surface area contributed by atoms with Gasteiger partial charge >= 0.3 is 0 Å². The minimum atomic E-state index is -0.0513. The second kappa shape index (κ2) is 8.29. The van der Waals surface area contributed by atoms with E-state index in [2.05, 4.69) is 25.5 Å². The van der Waals surface area contributed by atoms with E-state index in [0.29, 0.717) is 35.5 Å². The van der Waals surface area contributed by atoms with Gasteiger partial charge in [-0.1, -0.05) is 6.07 Å². The lowest BCUT2D eigenvalue weighted by Crippen LogP contribution is -2.31. The van der Waals surface area contributed by atoms with E-state index in [-0.39, 0.29) is 11.8 Å². The Bertz CT molecular complexity index is 933. The molecule has 0 aliphatic heterocycles. The van der Waals surface area contributed by atoms with Gasteiger partial charge < -0.3 is 9.73 Å². The van der Waals surface area contributed by atoms with Crippen molar-refractivity contribution in [3.05, 3.63) is 59.9 Å². The second-order valence-electron chi connectivity index (χ2n) is 7.22. The Morgan fingerprint density at radius 1 is 1.07 bits per heavy atom. The van der Waals surface area contributed by atoms with Crippen molar-refractivity contribution in [2.75, 3.05) is 6.54 Å². The molecule has 0 radical (unpaired) electrons. The summed E-state index contributed by atoms with van der Waals surface area (Å²) in [7, 11) is 0. The van der Waals surface area contributed by atoms with Gasteiger partial charge in [0, 0.05) is 30.6 Å². The van der Waals surface area contributed by atoms with Gasteiger partial charge in [-0.2, -0.15) is 0 Å². The summed E-state index contributed by atoms with van der Waals surface area (Å²) in [4.78, 5) is 20.8. The van der Waals surface area contributed by atoms with Gasteiger partial charge in [0.25, 0.3) is 11.8 Å². The summed E-state index contributed by atoms with van der Waals surface area (Å²) in [6.07, 6.45) is 7.43. The monoisotopic (exact) mass is 377 g/mol. The molecular formula is C21H23N5O2. The Morgan fingerprint density at radius 3 is 2.64 bits per heavy atom. The van der Waals surface area contributed by atoms with E-state index in [1.54, 1.807) is 18.5 Å². The number of carbonyl (C=O) groups is 1. The van der Waals surface area contributed by atoms with Crippen LogP contribution < -0.4 is 5.32 Å². The number of hydrogen-bond acceptors (Lipinski definition) is 6. The molecule has 1 fully saturated rings. The van der Waals surface area contributed by atoms with Crippen LogP contribution in [0.4, 0.5) is 0 Å². The van der Waals surface area contributed by atoms with Crippen LogP contribution in [-0.4, -0.2) is 32.6 Å². The maximum Gasteiger partial charge on any atom is 0.266 e. The SMILES string of the molecule is Cc1ncccc1C(=O)NCC1CCC(c2nnc(-c3ccccn3)o2)CC1. The predicted molar refractivity (Wildman–Crippen MR) is 104 cm³/mol. The average Bonchev–Trinajstić information content (AvgIpc) is 3.24. The Kier molecular flexibility index (Phi) is 5.41. The molecule has 7 nitrogen and oxygen atoms in total. The van der Waals surface area contributed by atoms with Crippen LogP contribution in [0.3, 0.4) is 0 Å². The van der Waals surface area contributed by atoms with Gasteiger partial charge in [0.15, 0.2) is 0 Å². The molecule has 0 aromatic carbocycles. The molecule has 0 bridgehead atoms. The molecule has 28 heavy (non-hydrogen) atoms. The Hall–Kier alpha value is -3.09. The molecule has 0 saturated heterocycles. The minimum Gasteiger partial charge on any atom is -0.419 e. The first-order valence-corrected chi connectivity index (χ1v) is 9.65. The molecular weight excluding hydrogens is 354 g/mol. The molecule has 1 aliphatic rings. The minimum absolute atomic E-state index is 0.0513. The van der Waals surface area contributed by atoms with Crippen LogP contribution >= 0.6 is 0 Å². The predicted octanol–water partition coefficient (Wildman–Crippen LogP) is 3.54. The highest BCUT2D eigenvalue weighted by molar-refractivity contribution is 5.95. The van der Waals surface area contributed by atoms with Gasteiger partial charge in [-0.25, -0.2) is 0 Å². The molecule has 1 saturated carbocycles. The summed E-state index contributed by atoms with van der Waals surface area (Å²) in [6.45, 7) is 2.53. The first-order chi connectivity index (χ1) is 13.7. The van der Waals surface area contributed by atoms with Crippen molar-refractivity contribution < 1.29 is 9.21 Å².